The molecular weight excluding hydrogens is 340 g/mol. The van der Waals surface area contributed by atoms with E-state index in [9.17, 15) is 4.79 Å². The fourth-order valence-electron chi connectivity index (χ4n) is 4.02. The van der Waals surface area contributed by atoms with Gasteiger partial charge in [-0.3, -0.25) is 9.69 Å². The molecule has 0 aromatic heterocycles. The highest BCUT2D eigenvalue weighted by Crippen LogP contribution is 2.43. The second-order valence-electron chi connectivity index (χ2n) is 7.38. The molecule has 5 heteroatoms. The maximum Gasteiger partial charge on any atom is 0.313 e. The summed E-state index contributed by atoms with van der Waals surface area (Å²) in [5, 5.41) is 3.53. The Labute approximate surface area is 162 Å². The third-order valence-corrected chi connectivity index (χ3v) is 5.53. The average molecular weight is 370 g/mol. The van der Waals surface area contributed by atoms with Crippen molar-refractivity contribution in [3.8, 4) is 0 Å². The molecule has 5 nitrogen and oxygen atoms in total. The molecule has 0 saturated carbocycles. The Morgan fingerprint density at radius 3 is 2.63 bits per heavy atom. The first-order valence-corrected chi connectivity index (χ1v) is 9.69. The van der Waals surface area contributed by atoms with Crippen LogP contribution < -0.4 is 5.32 Å². The van der Waals surface area contributed by atoms with Gasteiger partial charge in [0.05, 0.1) is 26.2 Å². The summed E-state index contributed by atoms with van der Waals surface area (Å²) in [5.41, 5.74) is 2.88. The quantitative estimate of drug-likeness (QED) is 0.781. The normalized spacial score (nSPS) is 26.1. The van der Waals surface area contributed by atoms with E-state index in [1.807, 2.05) is 18.2 Å². The maximum absolute atomic E-state index is 12.8. The number of nitrogens with zero attached hydrogens (tertiary/aromatic N) is 1. The average Bonchev–Trinajstić information content (AvgIpc) is 2.70. The van der Waals surface area contributed by atoms with E-state index in [2.05, 4.69) is 48.3 Å². The number of nitrogens with one attached hydrogen (secondary N) is 1. The number of methoxy groups -OCH3 is 1. The van der Waals surface area contributed by atoms with E-state index in [0.29, 0.717) is 0 Å². The molecule has 3 rings (SSSR count). The Morgan fingerprint density at radius 2 is 2.00 bits per heavy atom. The predicted molar refractivity (Wildman–Crippen MR) is 107 cm³/mol. The Kier molecular flexibility index (Phi) is 6.34. The molecule has 1 fully saturated rings. The Morgan fingerprint density at radius 1 is 1.30 bits per heavy atom. The summed E-state index contributed by atoms with van der Waals surface area (Å²) in [5.74, 6) is -0.540. The Balaban J connectivity index is 2.00. The van der Waals surface area contributed by atoms with Gasteiger partial charge in [0, 0.05) is 37.3 Å². The van der Waals surface area contributed by atoms with Gasteiger partial charge < -0.3 is 14.8 Å². The van der Waals surface area contributed by atoms with Crippen LogP contribution in [0, 0.1) is 11.3 Å². The number of carbonyl (C=O) groups is 1. The first-order valence-electron chi connectivity index (χ1n) is 9.69. The number of benzene rings is 1. The third kappa shape index (κ3) is 4.25. The minimum absolute atomic E-state index is 0.192. The minimum Gasteiger partial charge on any atom is -0.469 e. The van der Waals surface area contributed by atoms with Gasteiger partial charge in [-0.05, 0) is 24.1 Å². The predicted octanol–water partition coefficient (Wildman–Crippen LogP) is 2.70. The van der Waals surface area contributed by atoms with Crippen molar-refractivity contribution in [2.45, 2.75) is 13.8 Å². The number of hydrogen-bond donors (Lipinski definition) is 1. The molecule has 1 aromatic carbocycles. The van der Waals surface area contributed by atoms with Crippen LogP contribution in [0.2, 0.25) is 0 Å². The molecule has 2 atom stereocenters. The number of esters is 1. The molecule has 1 N–H and O–H groups in total. The highest BCUT2D eigenvalue weighted by atomic mass is 16.5. The van der Waals surface area contributed by atoms with Gasteiger partial charge in [0.2, 0.25) is 0 Å². The lowest BCUT2D eigenvalue weighted by atomic mass is 9.69. The van der Waals surface area contributed by atoms with Gasteiger partial charge in [0.25, 0.3) is 0 Å². The van der Waals surface area contributed by atoms with E-state index >= 15 is 0 Å². The number of carbonyl (C=O) groups excluding carboxylic acids is 1. The Hall–Kier alpha value is -2.11. The van der Waals surface area contributed by atoms with Crippen molar-refractivity contribution in [3.63, 3.8) is 0 Å². The van der Waals surface area contributed by atoms with Crippen LogP contribution in [0.4, 0.5) is 0 Å². The first-order chi connectivity index (χ1) is 13.1. The second kappa shape index (κ2) is 8.72. The third-order valence-electron chi connectivity index (χ3n) is 5.53. The summed E-state index contributed by atoms with van der Waals surface area (Å²) in [7, 11) is 1.47. The van der Waals surface area contributed by atoms with Crippen molar-refractivity contribution < 1.29 is 14.3 Å². The van der Waals surface area contributed by atoms with Crippen molar-refractivity contribution >= 4 is 11.5 Å². The molecule has 1 saturated heterocycles. The van der Waals surface area contributed by atoms with Crippen molar-refractivity contribution in [2.75, 3.05) is 46.5 Å². The molecule has 27 heavy (non-hydrogen) atoms. The molecule has 1 aromatic rings. The number of morpholine rings is 1. The van der Waals surface area contributed by atoms with Crippen molar-refractivity contribution in [1.29, 1.82) is 0 Å². The topological polar surface area (TPSA) is 50.8 Å². The van der Waals surface area contributed by atoms with E-state index in [1.165, 1.54) is 7.11 Å². The van der Waals surface area contributed by atoms with Crippen molar-refractivity contribution in [1.82, 2.24) is 10.2 Å². The standard InChI is InChI=1S/C22H30N2O3/c1-4-23-20-15-18(17-8-6-5-7-9-17)14-19(21(25)26-3)22(20,2)16-24-10-12-27-13-11-24/h5-9,14-15,19,23H,4,10-13,16H2,1-3H3. The van der Waals surface area contributed by atoms with Gasteiger partial charge in [0.1, 0.15) is 0 Å². The fourth-order valence-corrected chi connectivity index (χ4v) is 4.02. The van der Waals surface area contributed by atoms with Gasteiger partial charge in [0.15, 0.2) is 0 Å². The summed E-state index contributed by atoms with van der Waals surface area (Å²) >= 11 is 0. The lowest BCUT2D eigenvalue weighted by Crippen LogP contribution is -2.51. The molecule has 1 aliphatic carbocycles. The number of rotatable bonds is 6. The molecule has 2 unspecified atom stereocenters. The summed E-state index contributed by atoms with van der Waals surface area (Å²) in [6.45, 7) is 9.10. The molecule has 0 amide bonds. The van der Waals surface area contributed by atoms with Gasteiger partial charge >= 0.3 is 5.97 Å². The van der Waals surface area contributed by atoms with Crippen molar-refractivity contribution in [3.05, 3.63) is 53.7 Å². The van der Waals surface area contributed by atoms with Gasteiger partial charge in [-0.1, -0.05) is 43.3 Å². The molecule has 1 heterocycles. The monoisotopic (exact) mass is 370 g/mol. The van der Waals surface area contributed by atoms with Gasteiger partial charge in [-0.15, -0.1) is 0 Å². The van der Waals surface area contributed by atoms with Crippen LogP contribution in [0.1, 0.15) is 19.4 Å². The Bertz CT molecular complexity index is 708. The van der Waals surface area contributed by atoms with Crippen LogP contribution in [0.5, 0.6) is 0 Å². The van der Waals surface area contributed by atoms with Crippen LogP contribution in [-0.4, -0.2) is 57.4 Å². The lowest BCUT2D eigenvalue weighted by molar-refractivity contribution is -0.147. The highest BCUT2D eigenvalue weighted by molar-refractivity contribution is 5.85. The lowest BCUT2D eigenvalue weighted by Gasteiger charge is -2.44. The number of hydrogen-bond acceptors (Lipinski definition) is 5. The summed E-state index contributed by atoms with van der Waals surface area (Å²) in [4.78, 5) is 15.2. The number of ether oxygens (including phenoxy) is 2. The molecular formula is C22H30N2O3. The van der Waals surface area contributed by atoms with Crippen LogP contribution in [-0.2, 0) is 14.3 Å². The fraction of sp³-hybridized carbons (Fsp3) is 0.500. The van der Waals surface area contributed by atoms with E-state index < -0.39 is 0 Å². The first kappa shape index (κ1) is 19.6. The van der Waals surface area contributed by atoms with Crippen molar-refractivity contribution in [2.24, 2.45) is 11.3 Å². The van der Waals surface area contributed by atoms with E-state index in [4.69, 9.17) is 9.47 Å². The zero-order valence-electron chi connectivity index (χ0n) is 16.5. The van der Waals surface area contributed by atoms with Crippen LogP contribution in [0.25, 0.3) is 5.57 Å². The van der Waals surface area contributed by atoms with Crippen LogP contribution in [0.15, 0.2) is 48.2 Å². The van der Waals surface area contributed by atoms with E-state index in [1.54, 1.807) is 0 Å². The molecule has 0 bridgehead atoms. The SMILES string of the molecule is CCNC1=CC(c2ccccc2)=CC(C(=O)OC)C1(C)CN1CCOCC1. The van der Waals surface area contributed by atoms with Crippen LogP contribution >= 0.6 is 0 Å². The van der Waals surface area contributed by atoms with Crippen LogP contribution in [0.3, 0.4) is 0 Å². The highest BCUT2D eigenvalue weighted by Gasteiger charge is 2.45. The van der Waals surface area contributed by atoms with Gasteiger partial charge in [-0.2, -0.15) is 0 Å². The summed E-state index contributed by atoms with van der Waals surface area (Å²) < 4.78 is 10.7. The smallest absolute Gasteiger partial charge is 0.313 e. The largest absolute Gasteiger partial charge is 0.469 e. The van der Waals surface area contributed by atoms with E-state index in [-0.39, 0.29) is 17.3 Å². The molecule has 2 aliphatic rings. The second-order valence-corrected chi connectivity index (χ2v) is 7.38. The molecule has 1 aliphatic heterocycles. The summed E-state index contributed by atoms with van der Waals surface area (Å²) in [6.07, 6.45) is 4.27. The number of allylic oxidation sites excluding steroid dienone is 2. The van der Waals surface area contributed by atoms with E-state index in [0.717, 1.165) is 56.2 Å². The maximum atomic E-state index is 12.8. The zero-order chi connectivity index (χ0) is 19.3. The molecule has 0 radical (unpaired) electrons. The molecule has 146 valence electrons. The zero-order valence-corrected chi connectivity index (χ0v) is 16.5. The van der Waals surface area contributed by atoms with Gasteiger partial charge in [-0.25, -0.2) is 0 Å². The molecule has 0 spiro atoms. The minimum atomic E-state index is -0.376. The summed E-state index contributed by atoms with van der Waals surface area (Å²) in [6, 6.07) is 10.2.